The van der Waals surface area contributed by atoms with Crippen molar-refractivity contribution in [2.24, 2.45) is 5.92 Å². The fourth-order valence-electron chi connectivity index (χ4n) is 6.85. The van der Waals surface area contributed by atoms with Crippen molar-refractivity contribution in [3.05, 3.63) is 34.6 Å². The lowest BCUT2D eigenvalue weighted by molar-refractivity contribution is -0.763. The molecule has 40 heavy (non-hydrogen) atoms. The van der Waals surface area contributed by atoms with Crippen LogP contribution in [-0.2, 0) is 14.2 Å². The Kier molecular flexibility index (Phi) is 6.46. The van der Waals surface area contributed by atoms with E-state index in [-0.39, 0.29) is 42.4 Å². The summed E-state index contributed by atoms with van der Waals surface area (Å²) in [5.41, 5.74) is 8.07. The van der Waals surface area contributed by atoms with Crippen molar-refractivity contribution in [1.82, 2.24) is 19.9 Å². The summed E-state index contributed by atoms with van der Waals surface area (Å²) in [4.78, 5) is 8.62. The van der Waals surface area contributed by atoms with Gasteiger partial charge in [0.1, 0.15) is 23.9 Å². The molecule has 4 aliphatic rings. The molecule has 0 bridgehead atoms. The van der Waals surface area contributed by atoms with Gasteiger partial charge in [-0.3, -0.25) is 0 Å². The first-order chi connectivity index (χ1) is 19.3. The molecule has 3 heterocycles. The number of rotatable bonds is 6. The van der Waals surface area contributed by atoms with Gasteiger partial charge < -0.3 is 25.1 Å². The Bertz CT molecular complexity index is 1470. The molecular formula is C27H32ClF2N6O4+. The quantitative estimate of drug-likeness (QED) is 0.337. The van der Waals surface area contributed by atoms with Crippen LogP contribution in [0.25, 0.3) is 16.9 Å². The Morgan fingerprint density at radius 3 is 2.73 bits per heavy atom. The molecule has 10 nitrogen and oxygen atoms in total. The van der Waals surface area contributed by atoms with E-state index in [1.807, 2.05) is 0 Å². The van der Waals surface area contributed by atoms with Crippen LogP contribution < -0.4 is 10.4 Å². The second kappa shape index (κ2) is 9.80. The van der Waals surface area contributed by atoms with Crippen molar-refractivity contribution in [3.8, 4) is 5.69 Å². The van der Waals surface area contributed by atoms with Crippen LogP contribution in [0.15, 0.2) is 12.1 Å². The lowest BCUT2D eigenvalue weighted by atomic mass is 9.86. The predicted molar refractivity (Wildman–Crippen MR) is 139 cm³/mol. The van der Waals surface area contributed by atoms with Crippen LogP contribution in [0.1, 0.15) is 69.4 Å². The molecule has 1 spiro atoms. The molecule has 0 amide bonds. The van der Waals surface area contributed by atoms with E-state index in [1.165, 1.54) is 10.7 Å². The van der Waals surface area contributed by atoms with Crippen molar-refractivity contribution >= 4 is 28.6 Å². The van der Waals surface area contributed by atoms with Crippen molar-refractivity contribution in [2.45, 2.75) is 87.9 Å². The summed E-state index contributed by atoms with van der Waals surface area (Å²) >= 11 is 6.27. The van der Waals surface area contributed by atoms with Crippen LogP contribution in [0.3, 0.4) is 0 Å². The number of aromatic nitrogens is 5. The molecule has 3 N–H and O–H groups in total. The number of halogens is 3. The molecule has 0 radical (unpaired) electrons. The third-order valence-electron chi connectivity index (χ3n) is 8.69. The van der Waals surface area contributed by atoms with Gasteiger partial charge in [-0.2, -0.15) is 4.98 Å². The van der Waals surface area contributed by atoms with E-state index in [0.29, 0.717) is 34.8 Å². The molecule has 3 saturated carbocycles. The first kappa shape index (κ1) is 26.4. The second-order valence-corrected chi connectivity index (χ2v) is 11.9. The van der Waals surface area contributed by atoms with E-state index >= 15 is 0 Å². The van der Waals surface area contributed by atoms with Gasteiger partial charge in [0.25, 0.3) is 0 Å². The van der Waals surface area contributed by atoms with Gasteiger partial charge in [0, 0.05) is 30.5 Å². The first-order valence-corrected chi connectivity index (χ1v) is 14.4. The minimum atomic E-state index is -0.984. The number of aliphatic hydroxyl groups is 1. The topological polar surface area (TPSA) is 121 Å². The smallest absolute Gasteiger partial charge is 0.330 e. The van der Waals surface area contributed by atoms with Gasteiger partial charge in [0.15, 0.2) is 23.2 Å². The summed E-state index contributed by atoms with van der Waals surface area (Å²) in [6.07, 6.45) is 4.73. The van der Waals surface area contributed by atoms with Crippen LogP contribution >= 0.6 is 11.6 Å². The number of benzene rings is 1. The summed E-state index contributed by atoms with van der Waals surface area (Å²) in [5, 5.41) is 14.3. The average Bonchev–Trinajstić information content (AvgIpc) is 3.50. The standard InChI is InChI=1S/C27H32ClF2N6O4/c1-13-3-2-6-27(12-13)39-22-19(11-20(23(22)40-27)38-8-7-37)36-25-21(24(31)32-26(28)33-25)35(34-36)18-10-17(30)16(29)9-15(18)14-4-5-14/h9-10,13-14,19-20,22-23,37H,2-8,11-12H2,1H3,(H2,31,32,33)/q+1. The maximum Gasteiger partial charge on any atom is 0.330 e. The van der Waals surface area contributed by atoms with E-state index < -0.39 is 29.6 Å². The zero-order valence-electron chi connectivity index (χ0n) is 22.1. The van der Waals surface area contributed by atoms with Gasteiger partial charge in [-0.25, -0.2) is 8.78 Å². The highest BCUT2D eigenvalue weighted by molar-refractivity contribution is 6.28. The molecule has 3 aliphatic carbocycles. The molecule has 13 heteroatoms. The fourth-order valence-corrected chi connectivity index (χ4v) is 7.02. The second-order valence-electron chi connectivity index (χ2n) is 11.6. The van der Waals surface area contributed by atoms with Crippen LogP contribution in [0.2, 0.25) is 5.28 Å². The Labute approximate surface area is 234 Å². The third-order valence-corrected chi connectivity index (χ3v) is 8.86. The highest BCUT2D eigenvalue weighted by Gasteiger charge is 2.61. The number of nitrogens with zero attached hydrogens (tertiary/aromatic N) is 5. The fraction of sp³-hybridized carbons (Fsp3) is 0.630. The summed E-state index contributed by atoms with van der Waals surface area (Å²) in [6, 6.07) is 1.99. The van der Waals surface area contributed by atoms with Crippen molar-refractivity contribution in [1.29, 1.82) is 0 Å². The van der Waals surface area contributed by atoms with Gasteiger partial charge in [0.2, 0.25) is 5.52 Å². The molecule has 1 aromatic carbocycles. The first-order valence-electron chi connectivity index (χ1n) is 14.0. The van der Waals surface area contributed by atoms with Gasteiger partial charge in [-0.05, 0) is 54.3 Å². The van der Waals surface area contributed by atoms with E-state index in [2.05, 4.69) is 16.9 Å². The number of hydrogen-bond acceptors (Lipinski definition) is 8. The Morgan fingerprint density at radius 1 is 1.20 bits per heavy atom. The van der Waals surface area contributed by atoms with E-state index in [4.69, 9.17) is 36.8 Å². The van der Waals surface area contributed by atoms with Crippen LogP contribution in [0.4, 0.5) is 14.6 Å². The van der Waals surface area contributed by atoms with Gasteiger partial charge in [-0.1, -0.05) is 18.3 Å². The number of hydrogen-bond donors (Lipinski definition) is 2. The zero-order valence-corrected chi connectivity index (χ0v) is 22.9. The van der Waals surface area contributed by atoms with E-state index in [1.54, 1.807) is 4.68 Å². The normalized spacial score (nSPS) is 31.9. The van der Waals surface area contributed by atoms with E-state index in [0.717, 1.165) is 44.6 Å². The number of aliphatic hydroxyl groups excluding tert-OH is 1. The van der Waals surface area contributed by atoms with Gasteiger partial charge >= 0.3 is 10.9 Å². The minimum absolute atomic E-state index is 0.0604. The largest absolute Gasteiger partial charge is 0.394 e. The lowest BCUT2D eigenvalue weighted by Crippen LogP contribution is -2.49. The summed E-state index contributed by atoms with van der Waals surface area (Å²) < 4.78 is 51.5. The molecule has 6 unspecified atom stereocenters. The number of anilines is 1. The number of nitrogen functional groups attached to an aromatic ring is 1. The van der Waals surface area contributed by atoms with Gasteiger partial charge in [0.05, 0.1) is 19.3 Å². The average molecular weight is 578 g/mol. The summed E-state index contributed by atoms with van der Waals surface area (Å²) in [7, 11) is 0. The molecule has 4 fully saturated rings. The van der Waals surface area contributed by atoms with E-state index in [9.17, 15) is 13.9 Å². The Hall–Kier alpha value is -2.51. The minimum Gasteiger partial charge on any atom is -0.394 e. The highest BCUT2D eigenvalue weighted by Crippen LogP contribution is 2.50. The predicted octanol–water partition coefficient (Wildman–Crippen LogP) is 3.51. The van der Waals surface area contributed by atoms with Crippen molar-refractivity contribution in [3.63, 3.8) is 0 Å². The molecule has 6 atom stereocenters. The third kappa shape index (κ3) is 4.35. The zero-order chi connectivity index (χ0) is 27.8. The number of fused-ring (bicyclic) bond motifs is 2. The molecule has 3 aromatic rings. The molecule has 7 rings (SSSR count). The van der Waals surface area contributed by atoms with Crippen molar-refractivity contribution < 1.29 is 32.8 Å². The maximum absolute atomic E-state index is 14.6. The lowest BCUT2D eigenvalue weighted by Gasteiger charge is -2.36. The maximum atomic E-state index is 14.6. The molecule has 1 aliphatic heterocycles. The summed E-state index contributed by atoms with van der Waals surface area (Å²) in [6.45, 7) is 2.24. The SMILES string of the molecule is CC1CCCC2(C1)OC1C(OCCO)CC([n+]3nn(-c4cc(F)c(F)cc4C4CC4)c4c(N)nc(Cl)nc43)C1O2. The highest BCUT2D eigenvalue weighted by atomic mass is 35.5. The molecule has 2 aromatic heterocycles. The van der Waals surface area contributed by atoms with Crippen LogP contribution in [-0.4, -0.2) is 62.3 Å². The van der Waals surface area contributed by atoms with Crippen molar-refractivity contribution in [2.75, 3.05) is 18.9 Å². The molecular weight excluding hydrogens is 546 g/mol. The number of ether oxygens (including phenoxy) is 3. The number of nitrogens with two attached hydrogens (primary N) is 1. The van der Waals surface area contributed by atoms with Crippen LogP contribution in [0.5, 0.6) is 0 Å². The molecule has 214 valence electrons. The summed E-state index contributed by atoms with van der Waals surface area (Å²) in [5.74, 6) is -1.99. The monoisotopic (exact) mass is 577 g/mol. The Morgan fingerprint density at radius 2 is 1.98 bits per heavy atom. The molecule has 1 saturated heterocycles. The van der Waals surface area contributed by atoms with Crippen LogP contribution in [0, 0.1) is 17.6 Å². The van der Waals surface area contributed by atoms with Gasteiger partial charge in [-0.15, -0.1) is 9.36 Å². The Balaban J connectivity index is 1.36.